The largest absolute Gasteiger partial charge is 0.391 e. The second kappa shape index (κ2) is 7.64. The molecule has 0 heterocycles. The Morgan fingerprint density at radius 3 is 2.57 bits per heavy atom. The molecule has 114 valence electrons. The number of rotatable bonds is 4. The van der Waals surface area contributed by atoms with Crippen LogP contribution in [0.1, 0.15) is 25.7 Å². The zero-order valence-electron chi connectivity index (χ0n) is 11.8. The monoisotopic (exact) mass is 291 g/mol. The van der Waals surface area contributed by atoms with E-state index in [4.69, 9.17) is 0 Å². The van der Waals surface area contributed by atoms with Crippen LogP contribution in [-0.4, -0.2) is 35.7 Å². The third-order valence-electron chi connectivity index (χ3n) is 3.52. The highest BCUT2D eigenvalue weighted by Gasteiger charge is 2.24. The first-order valence-electron chi connectivity index (χ1n) is 7.22. The fraction of sp³-hybridized carbons (Fsp3) is 0.467. The fourth-order valence-electron chi connectivity index (χ4n) is 2.39. The predicted octanol–water partition coefficient (Wildman–Crippen LogP) is 1.23. The van der Waals surface area contributed by atoms with Crippen LogP contribution in [0.3, 0.4) is 0 Å². The molecule has 3 amide bonds. The Morgan fingerprint density at radius 1 is 1.14 bits per heavy atom. The third kappa shape index (κ3) is 5.07. The van der Waals surface area contributed by atoms with Gasteiger partial charge in [0.05, 0.1) is 18.7 Å². The molecule has 2 rings (SSSR count). The molecule has 0 unspecified atom stereocenters. The Morgan fingerprint density at radius 2 is 1.86 bits per heavy atom. The Bertz CT molecular complexity index is 478. The molecule has 0 aromatic heterocycles. The van der Waals surface area contributed by atoms with Gasteiger partial charge < -0.3 is 21.1 Å². The van der Waals surface area contributed by atoms with Crippen LogP contribution in [0.15, 0.2) is 30.3 Å². The molecular weight excluding hydrogens is 270 g/mol. The Labute approximate surface area is 123 Å². The van der Waals surface area contributed by atoms with Crippen molar-refractivity contribution in [3.8, 4) is 0 Å². The van der Waals surface area contributed by atoms with Crippen molar-refractivity contribution in [2.45, 2.75) is 37.8 Å². The van der Waals surface area contributed by atoms with E-state index < -0.39 is 12.1 Å². The van der Waals surface area contributed by atoms with Crippen molar-refractivity contribution in [3.63, 3.8) is 0 Å². The number of amides is 3. The Balaban J connectivity index is 1.69. The number of urea groups is 1. The zero-order valence-corrected chi connectivity index (χ0v) is 11.8. The smallest absolute Gasteiger partial charge is 0.319 e. The summed E-state index contributed by atoms with van der Waals surface area (Å²) in [5.74, 6) is -0.288. The van der Waals surface area contributed by atoms with Crippen molar-refractivity contribution in [2.24, 2.45) is 0 Å². The zero-order chi connectivity index (χ0) is 15.1. The first-order valence-corrected chi connectivity index (χ1v) is 7.22. The summed E-state index contributed by atoms with van der Waals surface area (Å²) in [4.78, 5) is 23.4. The molecule has 1 aromatic rings. The molecule has 0 spiro atoms. The van der Waals surface area contributed by atoms with E-state index in [1.807, 2.05) is 18.2 Å². The lowest BCUT2D eigenvalue weighted by atomic mass is 9.92. The number of nitrogens with one attached hydrogen (secondary N) is 3. The highest BCUT2D eigenvalue weighted by Crippen LogP contribution is 2.18. The van der Waals surface area contributed by atoms with Gasteiger partial charge in [-0.05, 0) is 25.0 Å². The maximum absolute atomic E-state index is 11.7. The number of aliphatic hydroxyl groups is 1. The number of hydrogen-bond donors (Lipinski definition) is 4. The summed E-state index contributed by atoms with van der Waals surface area (Å²) in [5.41, 5.74) is 0.665. The second-order valence-electron chi connectivity index (χ2n) is 5.20. The molecule has 0 aliphatic heterocycles. The van der Waals surface area contributed by atoms with Crippen molar-refractivity contribution in [1.29, 1.82) is 0 Å². The van der Waals surface area contributed by atoms with Crippen LogP contribution in [0.5, 0.6) is 0 Å². The van der Waals surface area contributed by atoms with E-state index in [0.717, 1.165) is 19.3 Å². The van der Waals surface area contributed by atoms with Crippen molar-refractivity contribution in [2.75, 3.05) is 11.9 Å². The van der Waals surface area contributed by atoms with Gasteiger partial charge in [0, 0.05) is 5.69 Å². The van der Waals surface area contributed by atoms with E-state index in [9.17, 15) is 14.7 Å². The SMILES string of the molecule is O=C(CNC(=O)Nc1ccccc1)N[C@H]1CCCC[C@@H]1O. The van der Waals surface area contributed by atoms with Gasteiger partial charge in [-0.2, -0.15) is 0 Å². The summed E-state index contributed by atoms with van der Waals surface area (Å²) < 4.78 is 0. The van der Waals surface area contributed by atoms with Crippen LogP contribution in [0.4, 0.5) is 10.5 Å². The minimum atomic E-state index is -0.485. The van der Waals surface area contributed by atoms with E-state index >= 15 is 0 Å². The first-order chi connectivity index (χ1) is 10.1. The molecule has 0 saturated heterocycles. The summed E-state index contributed by atoms with van der Waals surface area (Å²) in [5, 5.41) is 17.7. The summed E-state index contributed by atoms with van der Waals surface area (Å²) in [6, 6.07) is 8.37. The standard InChI is InChI=1S/C15H21N3O3/c19-13-9-5-4-8-12(13)18-14(20)10-16-15(21)17-11-6-2-1-3-7-11/h1-3,6-7,12-13,19H,4-5,8-10H2,(H,18,20)(H2,16,17,21)/t12-,13-/m0/s1. The minimum absolute atomic E-state index is 0.109. The molecule has 4 N–H and O–H groups in total. The van der Waals surface area contributed by atoms with Gasteiger partial charge in [0.25, 0.3) is 0 Å². The van der Waals surface area contributed by atoms with Gasteiger partial charge in [0.15, 0.2) is 0 Å². The molecule has 0 radical (unpaired) electrons. The average molecular weight is 291 g/mol. The van der Waals surface area contributed by atoms with Gasteiger partial charge in [-0.1, -0.05) is 31.0 Å². The molecule has 2 atom stereocenters. The second-order valence-corrected chi connectivity index (χ2v) is 5.20. The van der Waals surface area contributed by atoms with Crippen LogP contribution in [0.25, 0.3) is 0 Å². The highest BCUT2D eigenvalue weighted by atomic mass is 16.3. The molecular formula is C15H21N3O3. The molecule has 6 nitrogen and oxygen atoms in total. The lowest BCUT2D eigenvalue weighted by molar-refractivity contribution is -0.122. The number of benzene rings is 1. The maximum Gasteiger partial charge on any atom is 0.319 e. The van der Waals surface area contributed by atoms with E-state index in [-0.39, 0.29) is 18.5 Å². The molecule has 1 saturated carbocycles. The molecule has 0 bridgehead atoms. The van der Waals surface area contributed by atoms with Gasteiger partial charge in [-0.25, -0.2) is 4.79 Å². The van der Waals surface area contributed by atoms with Crippen LogP contribution in [0, 0.1) is 0 Å². The number of para-hydroxylation sites is 1. The average Bonchev–Trinajstić information content (AvgIpc) is 2.49. The van der Waals surface area contributed by atoms with Gasteiger partial charge >= 0.3 is 6.03 Å². The number of carbonyl (C=O) groups excluding carboxylic acids is 2. The van der Waals surface area contributed by atoms with Gasteiger partial charge in [-0.3, -0.25) is 4.79 Å². The molecule has 21 heavy (non-hydrogen) atoms. The number of aliphatic hydroxyl groups excluding tert-OH is 1. The summed E-state index contributed by atoms with van der Waals surface area (Å²) in [6.07, 6.45) is 3.01. The lowest BCUT2D eigenvalue weighted by Gasteiger charge is -2.28. The normalized spacial score (nSPS) is 21.4. The van der Waals surface area contributed by atoms with Crippen LogP contribution < -0.4 is 16.0 Å². The quantitative estimate of drug-likeness (QED) is 0.672. The topological polar surface area (TPSA) is 90.5 Å². The summed E-state index contributed by atoms with van der Waals surface area (Å²) >= 11 is 0. The van der Waals surface area contributed by atoms with Crippen molar-refractivity contribution >= 4 is 17.6 Å². The van der Waals surface area contributed by atoms with Crippen molar-refractivity contribution < 1.29 is 14.7 Å². The molecule has 1 aliphatic rings. The summed E-state index contributed by atoms with van der Waals surface area (Å²) in [6.45, 7) is -0.109. The van der Waals surface area contributed by atoms with Gasteiger partial charge in [0.1, 0.15) is 0 Å². The molecule has 1 fully saturated rings. The van der Waals surface area contributed by atoms with Crippen molar-refractivity contribution in [3.05, 3.63) is 30.3 Å². The number of anilines is 1. The van der Waals surface area contributed by atoms with Crippen LogP contribution >= 0.6 is 0 Å². The third-order valence-corrected chi connectivity index (χ3v) is 3.52. The van der Waals surface area contributed by atoms with E-state index in [1.54, 1.807) is 12.1 Å². The number of carbonyl (C=O) groups is 2. The summed E-state index contributed by atoms with van der Waals surface area (Å²) in [7, 11) is 0. The maximum atomic E-state index is 11.7. The van der Waals surface area contributed by atoms with Crippen molar-refractivity contribution in [1.82, 2.24) is 10.6 Å². The predicted molar refractivity (Wildman–Crippen MR) is 79.9 cm³/mol. The van der Waals surface area contributed by atoms with Crippen LogP contribution in [-0.2, 0) is 4.79 Å². The highest BCUT2D eigenvalue weighted by molar-refractivity contribution is 5.92. The number of hydrogen-bond acceptors (Lipinski definition) is 3. The van der Waals surface area contributed by atoms with E-state index in [1.165, 1.54) is 0 Å². The first kappa shape index (κ1) is 15.3. The van der Waals surface area contributed by atoms with E-state index in [0.29, 0.717) is 12.1 Å². The Kier molecular flexibility index (Phi) is 5.57. The molecule has 1 aromatic carbocycles. The van der Waals surface area contributed by atoms with Crippen LogP contribution in [0.2, 0.25) is 0 Å². The minimum Gasteiger partial charge on any atom is -0.391 e. The molecule has 6 heteroatoms. The fourth-order valence-corrected chi connectivity index (χ4v) is 2.39. The van der Waals surface area contributed by atoms with E-state index in [2.05, 4.69) is 16.0 Å². The lowest BCUT2D eigenvalue weighted by Crippen LogP contribution is -2.48. The van der Waals surface area contributed by atoms with Gasteiger partial charge in [-0.15, -0.1) is 0 Å². The Hall–Kier alpha value is -2.08. The van der Waals surface area contributed by atoms with Gasteiger partial charge in [0.2, 0.25) is 5.91 Å². The molecule has 1 aliphatic carbocycles.